The molecule has 3 heterocycles. The van der Waals surface area contributed by atoms with Crippen molar-refractivity contribution >= 4 is 34.8 Å². The van der Waals surface area contributed by atoms with E-state index in [0.717, 1.165) is 25.2 Å². The van der Waals surface area contributed by atoms with Crippen LogP contribution in [0.3, 0.4) is 0 Å². The van der Waals surface area contributed by atoms with Crippen molar-refractivity contribution in [3.05, 3.63) is 39.6 Å². The molecule has 1 atom stereocenters. The molecule has 0 radical (unpaired) electrons. The van der Waals surface area contributed by atoms with Gasteiger partial charge in [-0.05, 0) is 25.0 Å². The summed E-state index contributed by atoms with van der Waals surface area (Å²) in [5, 5.41) is 0. The number of nitrogens with zero attached hydrogens (tertiary/aromatic N) is 3. The van der Waals surface area contributed by atoms with Gasteiger partial charge in [0.2, 0.25) is 5.91 Å². The molecule has 8 heteroatoms. The fourth-order valence-corrected chi connectivity index (χ4v) is 3.95. The van der Waals surface area contributed by atoms with Crippen LogP contribution in [0.1, 0.15) is 34.3 Å². The Labute approximate surface area is 142 Å². The van der Waals surface area contributed by atoms with Crippen molar-refractivity contribution in [1.82, 2.24) is 14.5 Å². The van der Waals surface area contributed by atoms with Crippen LogP contribution in [0.25, 0.3) is 0 Å². The summed E-state index contributed by atoms with van der Waals surface area (Å²) in [7, 11) is 0. The molecular weight excluding hydrogens is 336 g/mol. The largest absolute Gasteiger partial charge is 0.368 e. The predicted octanol–water partition coefficient (Wildman–Crippen LogP) is 2.10. The van der Waals surface area contributed by atoms with Gasteiger partial charge in [0, 0.05) is 31.4 Å². The number of rotatable bonds is 4. The number of halogens is 1. The van der Waals surface area contributed by atoms with Crippen molar-refractivity contribution in [2.75, 3.05) is 13.1 Å². The third-order valence-corrected chi connectivity index (χ3v) is 5.15. The lowest BCUT2D eigenvalue weighted by Gasteiger charge is -2.32. The summed E-state index contributed by atoms with van der Waals surface area (Å²) in [6.45, 7) is 1.42. The number of thiophene rings is 1. The number of carbonyl (C=O) groups excluding carboxylic acids is 2. The quantitative estimate of drug-likeness (QED) is 0.914. The Bertz CT molecular complexity index is 727. The molecule has 1 saturated heterocycles. The highest BCUT2D eigenvalue weighted by Crippen LogP contribution is 2.29. The molecule has 6 nitrogen and oxygen atoms in total. The summed E-state index contributed by atoms with van der Waals surface area (Å²) >= 11 is 7.21. The van der Waals surface area contributed by atoms with Crippen LogP contribution < -0.4 is 5.73 Å². The standard InChI is InChI=1S/C15H17ClN4O2S/c16-12-4-3-11(23-12)15(22)20-6-1-2-10(8-20)14-18-5-7-19(14)9-13(17)21/h3-5,7,10H,1-2,6,8-9H2,(H2,17,21). The second kappa shape index (κ2) is 6.72. The Balaban J connectivity index is 1.75. The molecule has 0 bridgehead atoms. The molecule has 0 spiro atoms. The van der Waals surface area contributed by atoms with Gasteiger partial charge in [0.1, 0.15) is 12.4 Å². The molecule has 1 aliphatic rings. The molecule has 2 N–H and O–H groups in total. The summed E-state index contributed by atoms with van der Waals surface area (Å²) in [6.07, 6.45) is 5.25. The highest BCUT2D eigenvalue weighted by atomic mass is 35.5. The number of hydrogen-bond donors (Lipinski definition) is 1. The van der Waals surface area contributed by atoms with Crippen LogP contribution in [0, 0.1) is 0 Å². The van der Waals surface area contributed by atoms with E-state index in [2.05, 4.69) is 4.98 Å². The van der Waals surface area contributed by atoms with Gasteiger partial charge in [0.15, 0.2) is 0 Å². The zero-order valence-electron chi connectivity index (χ0n) is 12.4. The molecule has 122 valence electrons. The van der Waals surface area contributed by atoms with E-state index in [1.54, 1.807) is 29.1 Å². The van der Waals surface area contributed by atoms with Crippen LogP contribution in [0.2, 0.25) is 4.34 Å². The molecule has 0 aliphatic carbocycles. The van der Waals surface area contributed by atoms with Crippen molar-refractivity contribution in [1.29, 1.82) is 0 Å². The summed E-state index contributed by atoms with van der Waals surface area (Å²) in [4.78, 5) is 30.6. The van der Waals surface area contributed by atoms with E-state index in [1.165, 1.54) is 11.3 Å². The van der Waals surface area contributed by atoms with E-state index in [0.29, 0.717) is 15.8 Å². The number of carbonyl (C=O) groups is 2. The zero-order chi connectivity index (χ0) is 16.4. The maximum absolute atomic E-state index is 12.6. The molecule has 23 heavy (non-hydrogen) atoms. The van der Waals surface area contributed by atoms with E-state index in [1.807, 2.05) is 4.90 Å². The molecule has 0 aromatic carbocycles. The number of amides is 2. The minimum absolute atomic E-state index is 0.000364. The highest BCUT2D eigenvalue weighted by Gasteiger charge is 2.28. The minimum Gasteiger partial charge on any atom is -0.368 e. The van der Waals surface area contributed by atoms with Crippen molar-refractivity contribution in [3.63, 3.8) is 0 Å². The van der Waals surface area contributed by atoms with Gasteiger partial charge in [-0.15, -0.1) is 11.3 Å². The van der Waals surface area contributed by atoms with Crippen molar-refractivity contribution in [2.45, 2.75) is 25.3 Å². The van der Waals surface area contributed by atoms with Crippen molar-refractivity contribution < 1.29 is 9.59 Å². The first-order valence-electron chi connectivity index (χ1n) is 7.38. The number of nitrogens with two attached hydrogens (primary N) is 1. The zero-order valence-corrected chi connectivity index (χ0v) is 14.0. The minimum atomic E-state index is -0.402. The summed E-state index contributed by atoms with van der Waals surface area (Å²) in [6, 6.07) is 3.49. The molecule has 1 fully saturated rings. The van der Waals surface area contributed by atoms with E-state index < -0.39 is 5.91 Å². The number of imidazole rings is 1. The Morgan fingerprint density at radius 2 is 2.26 bits per heavy atom. The lowest BCUT2D eigenvalue weighted by molar-refractivity contribution is -0.118. The Morgan fingerprint density at radius 3 is 2.96 bits per heavy atom. The Morgan fingerprint density at radius 1 is 1.43 bits per heavy atom. The average Bonchev–Trinajstić information content (AvgIpc) is 3.15. The predicted molar refractivity (Wildman–Crippen MR) is 88.6 cm³/mol. The topological polar surface area (TPSA) is 81.2 Å². The smallest absolute Gasteiger partial charge is 0.263 e. The van der Waals surface area contributed by atoms with Crippen LogP contribution in [0.4, 0.5) is 0 Å². The molecule has 1 unspecified atom stereocenters. The van der Waals surface area contributed by atoms with Gasteiger partial charge in [0.25, 0.3) is 5.91 Å². The fourth-order valence-electron chi connectivity index (χ4n) is 2.94. The fraction of sp³-hybridized carbons (Fsp3) is 0.400. The maximum Gasteiger partial charge on any atom is 0.263 e. The normalized spacial score (nSPS) is 18.1. The third kappa shape index (κ3) is 3.56. The van der Waals surface area contributed by atoms with Gasteiger partial charge in [-0.25, -0.2) is 4.98 Å². The van der Waals surface area contributed by atoms with Gasteiger partial charge in [0.05, 0.1) is 9.21 Å². The third-order valence-electron chi connectivity index (χ3n) is 3.93. The monoisotopic (exact) mass is 352 g/mol. The van der Waals surface area contributed by atoms with Crippen molar-refractivity contribution in [3.8, 4) is 0 Å². The maximum atomic E-state index is 12.6. The Kier molecular flexibility index (Phi) is 4.68. The van der Waals surface area contributed by atoms with Gasteiger partial charge in [-0.3, -0.25) is 9.59 Å². The van der Waals surface area contributed by atoms with Crippen LogP contribution in [-0.4, -0.2) is 39.4 Å². The second-order valence-corrected chi connectivity index (χ2v) is 7.29. The van der Waals surface area contributed by atoms with E-state index in [4.69, 9.17) is 17.3 Å². The molecule has 1 aliphatic heterocycles. The van der Waals surface area contributed by atoms with Crippen LogP contribution in [0.15, 0.2) is 24.5 Å². The molecule has 2 aromatic heterocycles. The lowest BCUT2D eigenvalue weighted by Crippen LogP contribution is -2.39. The first-order valence-corrected chi connectivity index (χ1v) is 8.58. The lowest BCUT2D eigenvalue weighted by atomic mass is 9.97. The van der Waals surface area contributed by atoms with E-state index >= 15 is 0 Å². The first-order chi connectivity index (χ1) is 11.0. The number of hydrogen-bond acceptors (Lipinski definition) is 4. The SMILES string of the molecule is NC(=O)Cn1ccnc1C1CCCN(C(=O)c2ccc(Cl)s2)C1. The number of piperidine rings is 1. The molecule has 2 aromatic rings. The molecular formula is C15H17ClN4O2S. The first kappa shape index (κ1) is 16.0. The summed E-state index contributed by atoms with van der Waals surface area (Å²) < 4.78 is 2.38. The summed E-state index contributed by atoms with van der Waals surface area (Å²) in [5.41, 5.74) is 5.27. The van der Waals surface area contributed by atoms with Crippen LogP contribution >= 0.6 is 22.9 Å². The van der Waals surface area contributed by atoms with Gasteiger partial charge >= 0.3 is 0 Å². The molecule has 3 rings (SSSR count). The highest BCUT2D eigenvalue weighted by molar-refractivity contribution is 7.17. The van der Waals surface area contributed by atoms with Crippen molar-refractivity contribution in [2.24, 2.45) is 5.73 Å². The molecule has 0 saturated carbocycles. The van der Waals surface area contributed by atoms with Gasteiger partial charge in [-0.2, -0.15) is 0 Å². The van der Waals surface area contributed by atoms with Gasteiger partial charge in [-0.1, -0.05) is 11.6 Å². The van der Waals surface area contributed by atoms with E-state index in [9.17, 15) is 9.59 Å². The van der Waals surface area contributed by atoms with Crippen LogP contribution in [0.5, 0.6) is 0 Å². The number of primary amides is 1. The summed E-state index contributed by atoms with van der Waals surface area (Å²) in [5.74, 6) is 0.517. The Hall–Kier alpha value is -1.86. The number of aromatic nitrogens is 2. The number of likely N-dealkylation sites (tertiary alicyclic amines) is 1. The second-order valence-electron chi connectivity index (χ2n) is 5.57. The molecule has 2 amide bonds. The van der Waals surface area contributed by atoms with E-state index in [-0.39, 0.29) is 18.4 Å². The average molecular weight is 353 g/mol. The van der Waals surface area contributed by atoms with Gasteiger partial charge < -0.3 is 15.2 Å². The van der Waals surface area contributed by atoms with Crippen LogP contribution in [-0.2, 0) is 11.3 Å².